The first-order chi connectivity index (χ1) is 5.61. The van der Waals surface area contributed by atoms with Crippen LogP contribution < -0.4 is 0 Å². The summed E-state index contributed by atoms with van der Waals surface area (Å²) in [5.41, 5.74) is 0. The normalized spacial score (nSPS) is 11.1. The van der Waals surface area contributed by atoms with Crippen molar-refractivity contribution in [2.24, 2.45) is 4.99 Å². The van der Waals surface area contributed by atoms with Crippen molar-refractivity contribution < 1.29 is 19.4 Å². The molecule has 5 nitrogen and oxygen atoms in total. The molecule has 0 aliphatic carbocycles. The van der Waals surface area contributed by atoms with Gasteiger partial charge >= 0.3 is 11.9 Å². The maximum Gasteiger partial charge on any atom is 0.329 e. The standard InChI is InChI=1S/C6H7NO4S/c1-11-5(8)2-4(6(9)10)7-3-12/h4H,2H2,1H3,(H,9,10). The Morgan fingerprint density at radius 2 is 2.33 bits per heavy atom. The van der Waals surface area contributed by atoms with Gasteiger partial charge < -0.3 is 9.84 Å². The molecule has 0 aromatic heterocycles. The Kier molecular flexibility index (Phi) is 4.83. The van der Waals surface area contributed by atoms with Gasteiger partial charge in [-0.1, -0.05) is 0 Å². The van der Waals surface area contributed by atoms with Crippen molar-refractivity contribution in [2.75, 3.05) is 7.11 Å². The molecule has 0 bridgehead atoms. The van der Waals surface area contributed by atoms with Crippen LogP contribution in [0, 0.1) is 0 Å². The van der Waals surface area contributed by atoms with E-state index in [0.29, 0.717) is 0 Å². The molecular weight excluding hydrogens is 182 g/mol. The van der Waals surface area contributed by atoms with Crippen LogP contribution in [-0.4, -0.2) is 35.4 Å². The van der Waals surface area contributed by atoms with Crippen molar-refractivity contribution in [3.05, 3.63) is 0 Å². The molecule has 0 aliphatic rings. The van der Waals surface area contributed by atoms with Crippen LogP contribution in [0.15, 0.2) is 4.99 Å². The summed E-state index contributed by atoms with van der Waals surface area (Å²) in [6.07, 6.45) is -0.324. The third-order valence-electron chi connectivity index (χ3n) is 1.08. The van der Waals surface area contributed by atoms with Crippen LogP contribution in [0.5, 0.6) is 0 Å². The van der Waals surface area contributed by atoms with Gasteiger partial charge in [0.15, 0.2) is 6.04 Å². The molecule has 1 N–H and O–H groups in total. The third-order valence-corrected chi connectivity index (χ3v) is 1.19. The molecule has 0 aromatic carbocycles. The SMILES string of the molecule is COC(=O)CC(N=C=S)C(=O)O. The number of carbonyl (C=O) groups excluding carboxylic acids is 1. The lowest BCUT2D eigenvalue weighted by Gasteiger charge is -2.02. The van der Waals surface area contributed by atoms with E-state index < -0.39 is 18.0 Å². The Morgan fingerprint density at radius 1 is 1.75 bits per heavy atom. The number of carbonyl (C=O) groups is 2. The van der Waals surface area contributed by atoms with Crippen LogP contribution in [0.2, 0.25) is 0 Å². The Balaban J connectivity index is 4.23. The molecule has 12 heavy (non-hydrogen) atoms. The number of aliphatic carboxylic acids is 1. The molecule has 0 rings (SSSR count). The van der Waals surface area contributed by atoms with Crippen molar-refractivity contribution in [3.63, 3.8) is 0 Å². The first kappa shape index (κ1) is 10.7. The lowest BCUT2D eigenvalue weighted by Crippen LogP contribution is -2.22. The van der Waals surface area contributed by atoms with E-state index in [2.05, 4.69) is 21.9 Å². The molecule has 1 atom stereocenters. The summed E-state index contributed by atoms with van der Waals surface area (Å²) in [4.78, 5) is 24.2. The van der Waals surface area contributed by atoms with E-state index in [-0.39, 0.29) is 6.42 Å². The van der Waals surface area contributed by atoms with Crippen LogP contribution in [0.25, 0.3) is 0 Å². The predicted octanol–water partition coefficient (Wildman–Crippen LogP) is 0.105. The highest BCUT2D eigenvalue weighted by atomic mass is 32.1. The van der Waals surface area contributed by atoms with Crippen LogP contribution in [-0.2, 0) is 14.3 Å². The minimum absolute atomic E-state index is 0.324. The highest BCUT2D eigenvalue weighted by molar-refractivity contribution is 7.78. The molecule has 0 heterocycles. The minimum atomic E-state index is -1.22. The molecule has 0 aromatic rings. The quantitative estimate of drug-likeness (QED) is 0.386. The number of thiocarbonyl (C=S) groups is 1. The van der Waals surface area contributed by atoms with Crippen LogP contribution in [0.1, 0.15) is 6.42 Å². The number of methoxy groups -OCH3 is 1. The summed E-state index contributed by atoms with van der Waals surface area (Å²) in [5.74, 6) is -1.87. The van der Waals surface area contributed by atoms with Gasteiger partial charge in [0.25, 0.3) is 0 Å². The molecule has 0 radical (unpaired) electrons. The summed E-state index contributed by atoms with van der Waals surface area (Å²) in [5, 5.41) is 10.4. The second kappa shape index (κ2) is 5.40. The van der Waals surface area contributed by atoms with E-state index in [4.69, 9.17) is 5.11 Å². The Labute approximate surface area is 74.0 Å². The van der Waals surface area contributed by atoms with Crippen molar-refractivity contribution in [2.45, 2.75) is 12.5 Å². The van der Waals surface area contributed by atoms with E-state index >= 15 is 0 Å². The first-order valence-electron chi connectivity index (χ1n) is 2.98. The fraction of sp³-hybridized carbons (Fsp3) is 0.500. The van der Waals surface area contributed by atoms with Crippen molar-refractivity contribution >= 4 is 29.3 Å². The summed E-state index contributed by atoms with van der Waals surface area (Å²) in [6.45, 7) is 0. The minimum Gasteiger partial charge on any atom is -0.480 e. The molecule has 6 heteroatoms. The monoisotopic (exact) mass is 189 g/mol. The fourth-order valence-corrected chi connectivity index (χ4v) is 0.620. The van der Waals surface area contributed by atoms with Gasteiger partial charge in [-0.05, 0) is 12.2 Å². The molecule has 0 aliphatic heterocycles. The highest BCUT2D eigenvalue weighted by Gasteiger charge is 2.19. The lowest BCUT2D eigenvalue weighted by molar-refractivity contribution is -0.146. The van der Waals surface area contributed by atoms with E-state index in [1.165, 1.54) is 7.11 Å². The zero-order valence-corrected chi connectivity index (χ0v) is 7.13. The Hall–Kier alpha value is -1.26. The number of isothiocyanates is 1. The number of nitrogens with zero attached hydrogens (tertiary/aromatic N) is 1. The van der Waals surface area contributed by atoms with E-state index in [1.54, 1.807) is 0 Å². The summed E-state index contributed by atoms with van der Waals surface area (Å²) in [6, 6.07) is -1.19. The molecule has 0 fully saturated rings. The van der Waals surface area contributed by atoms with Crippen LogP contribution in [0.4, 0.5) is 0 Å². The molecule has 0 amide bonds. The van der Waals surface area contributed by atoms with Gasteiger partial charge in [-0.25, -0.2) is 9.79 Å². The molecule has 0 saturated heterocycles. The van der Waals surface area contributed by atoms with Crippen molar-refractivity contribution in [3.8, 4) is 0 Å². The van der Waals surface area contributed by atoms with Gasteiger partial charge in [0.2, 0.25) is 0 Å². The van der Waals surface area contributed by atoms with Gasteiger partial charge in [-0.2, -0.15) is 0 Å². The van der Waals surface area contributed by atoms with Gasteiger partial charge in [-0.15, -0.1) is 0 Å². The zero-order valence-electron chi connectivity index (χ0n) is 6.31. The van der Waals surface area contributed by atoms with Crippen LogP contribution in [0.3, 0.4) is 0 Å². The number of carboxylic acids is 1. The molecule has 0 saturated carbocycles. The summed E-state index contributed by atoms with van der Waals surface area (Å²) >= 11 is 4.20. The van der Waals surface area contributed by atoms with Crippen molar-refractivity contribution in [1.29, 1.82) is 0 Å². The number of esters is 1. The average Bonchev–Trinajstić information content (AvgIpc) is 2.03. The molecule has 0 spiro atoms. The Morgan fingerprint density at radius 3 is 2.67 bits per heavy atom. The Bertz CT molecular complexity index is 232. The summed E-state index contributed by atoms with van der Waals surface area (Å²) < 4.78 is 4.25. The second-order valence-corrected chi connectivity index (χ2v) is 2.04. The maximum absolute atomic E-state index is 10.6. The fourth-order valence-electron chi connectivity index (χ4n) is 0.493. The third kappa shape index (κ3) is 3.80. The van der Waals surface area contributed by atoms with E-state index in [1.807, 2.05) is 5.16 Å². The molecule has 66 valence electrons. The topological polar surface area (TPSA) is 76.0 Å². The van der Waals surface area contributed by atoms with Crippen LogP contribution >= 0.6 is 12.2 Å². The largest absolute Gasteiger partial charge is 0.480 e. The van der Waals surface area contributed by atoms with Crippen molar-refractivity contribution in [1.82, 2.24) is 0 Å². The number of hydrogen-bond donors (Lipinski definition) is 1. The van der Waals surface area contributed by atoms with E-state index in [9.17, 15) is 9.59 Å². The predicted molar refractivity (Wildman–Crippen MR) is 43.1 cm³/mol. The first-order valence-corrected chi connectivity index (χ1v) is 3.39. The second-order valence-electron chi connectivity index (χ2n) is 1.85. The number of carboxylic acid groups (broad SMARTS) is 1. The number of rotatable bonds is 4. The lowest BCUT2D eigenvalue weighted by atomic mass is 10.2. The highest BCUT2D eigenvalue weighted by Crippen LogP contribution is 1.98. The molecular formula is C6H7NO4S. The van der Waals surface area contributed by atoms with Gasteiger partial charge in [0, 0.05) is 0 Å². The number of aliphatic imine (C=N–C) groups is 1. The van der Waals surface area contributed by atoms with Gasteiger partial charge in [-0.3, -0.25) is 4.79 Å². The molecule has 1 unspecified atom stereocenters. The number of hydrogen-bond acceptors (Lipinski definition) is 5. The van der Waals surface area contributed by atoms with E-state index in [0.717, 1.165) is 0 Å². The average molecular weight is 189 g/mol. The van der Waals surface area contributed by atoms with Gasteiger partial charge in [0.1, 0.15) is 0 Å². The van der Waals surface area contributed by atoms with Gasteiger partial charge in [0.05, 0.1) is 18.7 Å². The smallest absolute Gasteiger partial charge is 0.329 e. The maximum atomic E-state index is 10.6. The number of ether oxygens (including phenoxy) is 1. The summed E-state index contributed by atoms with van der Waals surface area (Å²) in [7, 11) is 1.17. The zero-order chi connectivity index (χ0) is 9.56.